The maximum atomic E-state index is 14.0. The Morgan fingerprint density at radius 2 is 1.67 bits per heavy atom. The first kappa shape index (κ1) is 28.6. The summed E-state index contributed by atoms with van der Waals surface area (Å²) in [5.74, 6) is -0.174. The number of thiazole rings is 1. The zero-order chi connectivity index (χ0) is 28.4. The average molecular weight is 574 g/mol. The van der Waals surface area contributed by atoms with E-state index in [-0.39, 0.29) is 39.8 Å². The molecule has 0 aliphatic heterocycles. The van der Waals surface area contributed by atoms with Crippen molar-refractivity contribution in [2.75, 3.05) is 0 Å². The SMILES string of the molecule is CC(=O)Cc1nc(C)c(S(=O)(=O)NC(Cc2ccccc2)(c2cccc(C(F)(F)F)c2)c2ccc(C)cn2)s1. The topological polar surface area (TPSA) is 89.0 Å². The lowest BCUT2D eigenvalue weighted by Crippen LogP contribution is -2.49. The second kappa shape index (κ2) is 11.0. The van der Waals surface area contributed by atoms with Gasteiger partial charge in [0.2, 0.25) is 0 Å². The van der Waals surface area contributed by atoms with Crippen molar-refractivity contribution >= 4 is 27.1 Å². The van der Waals surface area contributed by atoms with Crippen molar-refractivity contribution in [2.45, 2.75) is 49.5 Å². The number of pyridine rings is 1. The number of ketones is 1. The first-order valence-corrected chi connectivity index (χ1v) is 14.2. The van der Waals surface area contributed by atoms with Crippen LogP contribution in [0.3, 0.4) is 0 Å². The molecular formula is C28H26F3N3O3S2. The molecule has 0 saturated heterocycles. The molecule has 0 saturated carbocycles. The van der Waals surface area contributed by atoms with Gasteiger partial charge in [-0.25, -0.2) is 13.4 Å². The van der Waals surface area contributed by atoms with Gasteiger partial charge in [-0.15, -0.1) is 11.3 Å². The van der Waals surface area contributed by atoms with E-state index in [4.69, 9.17) is 0 Å². The molecule has 0 radical (unpaired) electrons. The fourth-order valence-electron chi connectivity index (χ4n) is 4.32. The predicted molar refractivity (Wildman–Crippen MR) is 143 cm³/mol. The lowest BCUT2D eigenvalue weighted by atomic mass is 9.81. The van der Waals surface area contributed by atoms with Gasteiger partial charge in [0.1, 0.15) is 16.3 Å². The Balaban J connectivity index is 1.97. The number of rotatable bonds is 9. The van der Waals surface area contributed by atoms with Crippen LogP contribution in [0.15, 0.2) is 77.1 Å². The standard InChI is InChI=1S/C28H26F3N3O3S2/c1-18-12-13-24(32-17-18)27(16-21-8-5-4-6-9-21,22-10-7-11-23(15-22)28(29,30)31)34-39(36,37)26-20(3)33-25(38-26)14-19(2)35/h4-13,15,17,34H,14,16H2,1-3H3. The molecule has 6 nitrogen and oxygen atoms in total. The van der Waals surface area contributed by atoms with E-state index in [2.05, 4.69) is 14.7 Å². The maximum absolute atomic E-state index is 14.0. The minimum Gasteiger partial charge on any atom is -0.300 e. The molecule has 4 aromatic rings. The molecule has 39 heavy (non-hydrogen) atoms. The molecule has 0 bridgehead atoms. The molecule has 0 spiro atoms. The zero-order valence-electron chi connectivity index (χ0n) is 21.4. The molecule has 0 aliphatic rings. The lowest BCUT2D eigenvalue weighted by Gasteiger charge is -2.35. The van der Waals surface area contributed by atoms with Gasteiger partial charge in [-0.3, -0.25) is 9.78 Å². The Morgan fingerprint density at radius 1 is 0.974 bits per heavy atom. The number of hydrogen-bond acceptors (Lipinski definition) is 6. The van der Waals surface area contributed by atoms with Crippen molar-refractivity contribution in [3.63, 3.8) is 0 Å². The van der Waals surface area contributed by atoms with E-state index in [1.54, 1.807) is 55.6 Å². The summed E-state index contributed by atoms with van der Waals surface area (Å²) < 4.78 is 72.0. The fourth-order valence-corrected chi connectivity index (χ4v) is 7.32. The highest BCUT2D eigenvalue weighted by molar-refractivity contribution is 7.91. The molecule has 1 unspecified atom stereocenters. The number of alkyl halides is 3. The Hall–Kier alpha value is -3.41. The summed E-state index contributed by atoms with van der Waals surface area (Å²) in [4.78, 5) is 20.4. The van der Waals surface area contributed by atoms with E-state index >= 15 is 0 Å². The number of nitrogens with zero attached hydrogens (tertiary/aromatic N) is 2. The third kappa shape index (κ3) is 6.43. The fraction of sp³-hybridized carbons (Fsp3) is 0.250. The Kier molecular flexibility index (Phi) is 8.06. The Labute approximate surface area is 229 Å². The number of Topliss-reactive ketones (excluding diaryl/α,β-unsaturated/α-hetero) is 1. The molecule has 0 aliphatic carbocycles. The summed E-state index contributed by atoms with van der Waals surface area (Å²) in [5.41, 5.74) is -0.658. The van der Waals surface area contributed by atoms with Gasteiger partial charge in [-0.05, 0) is 55.7 Å². The van der Waals surface area contributed by atoms with Crippen LogP contribution in [0, 0.1) is 13.8 Å². The third-order valence-electron chi connectivity index (χ3n) is 6.09. The smallest absolute Gasteiger partial charge is 0.300 e. The monoisotopic (exact) mass is 573 g/mol. The Morgan fingerprint density at radius 3 is 2.28 bits per heavy atom. The number of hydrogen-bond donors (Lipinski definition) is 1. The van der Waals surface area contributed by atoms with E-state index in [0.717, 1.165) is 29.0 Å². The maximum Gasteiger partial charge on any atom is 0.416 e. The molecule has 1 atom stereocenters. The molecule has 2 aromatic heterocycles. The van der Waals surface area contributed by atoms with Crippen LogP contribution in [-0.4, -0.2) is 24.2 Å². The summed E-state index contributed by atoms with van der Waals surface area (Å²) in [6.45, 7) is 4.70. The zero-order valence-corrected chi connectivity index (χ0v) is 23.0. The van der Waals surface area contributed by atoms with Gasteiger partial charge < -0.3 is 0 Å². The van der Waals surface area contributed by atoms with Gasteiger partial charge in [0, 0.05) is 12.6 Å². The Bertz CT molecular complexity index is 1590. The number of nitrogens with one attached hydrogen (secondary N) is 1. The minimum absolute atomic E-state index is 0.0245. The van der Waals surface area contributed by atoms with Crippen LogP contribution < -0.4 is 4.72 Å². The molecule has 1 N–H and O–H groups in total. The van der Waals surface area contributed by atoms with Crippen LogP contribution in [-0.2, 0) is 39.4 Å². The van der Waals surface area contributed by atoms with Crippen molar-refractivity contribution < 1.29 is 26.4 Å². The molecule has 2 heterocycles. The largest absolute Gasteiger partial charge is 0.416 e. The lowest BCUT2D eigenvalue weighted by molar-refractivity contribution is -0.137. The molecule has 2 aromatic carbocycles. The van der Waals surface area contributed by atoms with E-state index < -0.39 is 27.3 Å². The van der Waals surface area contributed by atoms with Crippen LogP contribution in [0.1, 0.15) is 45.6 Å². The number of halogens is 3. The second-order valence-corrected chi connectivity index (χ2v) is 12.3. The highest BCUT2D eigenvalue weighted by Gasteiger charge is 2.43. The molecular weight excluding hydrogens is 547 g/mol. The summed E-state index contributed by atoms with van der Waals surface area (Å²) >= 11 is 0.859. The van der Waals surface area contributed by atoms with Gasteiger partial charge in [-0.1, -0.05) is 48.5 Å². The first-order chi connectivity index (χ1) is 18.3. The first-order valence-electron chi connectivity index (χ1n) is 11.9. The summed E-state index contributed by atoms with van der Waals surface area (Å²) in [6.07, 6.45) is -3.16. The predicted octanol–water partition coefficient (Wildman–Crippen LogP) is 5.77. The van der Waals surface area contributed by atoms with Crippen molar-refractivity contribution in [1.82, 2.24) is 14.7 Å². The van der Waals surface area contributed by atoms with Crippen LogP contribution in [0.25, 0.3) is 0 Å². The third-order valence-corrected chi connectivity index (χ3v) is 9.36. The van der Waals surface area contributed by atoms with E-state index in [9.17, 15) is 26.4 Å². The molecule has 0 amide bonds. The normalized spacial score (nSPS) is 13.7. The van der Waals surface area contributed by atoms with Crippen molar-refractivity contribution in [3.8, 4) is 0 Å². The minimum atomic E-state index is -4.65. The van der Waals surface area contributed by atoms with Crippen molar-refractivity contribution in [1.29, 1.82) is 0 Å². The van der Waals surface area contributed by atoms with E-state index in [1.807, 2.05) is 0 Å². The van der Waals surface area contributed by atoms with E-state index in [1.165, 1.54) is 26.0 Å². The summed E-state index contributed by atoms with van der Waals surface area (Å²) in [6, 6.07) is 16.8. The number of aromatic nitrogens is 2. The number of carbonyl (C=O) groups is 1. The number of benzene rings is 2. The van der Waals surface area contributed by atoms with Crippen molar-refractivity contribution in [3.05, 3.63) is 112 Å². The average Bonchev–Trinajstić information content (AvgIpc) is 3.24. The van der Waals surface area contributed by atoms with Gasteiger partial charge in [0.15, 0.2) is 4.21 Å². The highest BCUT2D eigenvalue weighted by atomic mass is 32.2. The second-order valence-electron chi connectivity index (χ2n) is 9.33. The molecule has 204 valence electrons. The number of carbonyl (C=O) groups excluding carboxylic acids is 1. The van der Waals surface area contributed by atoms with Gasteiger partial charge in [0.05, 0.1) is 23.4 Å². The van der Waals surface area contributed by atoms with Crippen LogP contribution in [0.4, 0.5) is 13.2 Å². The van der Waals surface area contributed by atoms with Crippen molar-refractivity contribution in [2.24, 2.45) is 0 Å². The van der Waals surface area contributed by atoms with Gasteiger partial charge in [0.25, 0.3) is 10.0 Å². The summed E-state index contributed by atoms with van der Waals surface area (Å²) in [5, 5.41) is 0.335. The molecule has 0 fully saturated rings. The molecule has 11 heteroatoms. The van der Waals surface area contributed by atoms with Gasteiger partial charge >= 0.3 is 6.18 Å². The summed E-state index contributed by atoms with van der Waals surface area (Å²) in [7, 11) is -4.36. The van der Waals surface area contributed by atoms with Crippen LogP contribution in [0.2, 0.25) is 0 Å². The van der Waals surface area contributed by atoms with Crippen LogP contribution in [0.5, 0.6) is 0 Å². The van der Waals surface area contributed by atoms with Crippen LogP contribution >= 0.6 is 11.3 Å². The quantitative estimate of drug-likeness (QED) is 0.275. The molecule has 4 rings (SSSR count). The number of aryl methyl sites for hydroxylation is 2. The van der Waals surface area contributed by atoms with E-state index in [0.29, 0.717) is 10.6 Å². The number of sulfonamides is 1. The highest BCUT2D eigenvalue weighted by Crippen LogP contribution is 2.38. The van der Waals surface area contributed by atoms with Gasteiger partial charge in [-0.2, -0.15) is 17.9 Å².